The second-order valence-electron chi connectivity index (χ2n) is 5.24. The summed E-state index contributed by atoms with van der Waals surface area (Å²) in [5.74, 6) is -2.06. The fourth-order valence-corrected chi connectivity index (χ4v) is 2.19. The minimum atomic E-state index is -0.807. The van der Waals surface area contributed by atoms with E-state index >= 15 is 0 Å². The lowest BCUT2D eigenvalue weighted by Crippen LogP contribution is -2.32. The molecule has 2 aromatic carbocycles. The molecular weight excluding hydrogens is 379 g/mol. The Morgan fingerprint density at radius 3 is 2.48 bits per heavy atom. The first-order chi connectivity index (χ1) is 12.9. The van der Waals surface area contributed by atoms with Gasteiger partial charge in [0.15, 0.2) is 6.61 Å². The molecule has 0 radical (unpaired) electrons. The highest BCUT2D eigenvalue weighted by Gasteiger charge is 2.13. The van der Waals surface area contributed by atoms with Crippen molar-refractivity contribution in [2.24, 2.45) is 0 Å². The number of hydrogen-bond acceptors (Lipinski definition) is 5. The number of carbonyl (C=O) groups is 3. The lowest BCUT2D eigenvalue weighted by Gasteiger charge is -2.11. The molecule has 0 aliphatic rings. The number of esters is 1. The summed E-state index contributed by atoms with van der Waals surface area (Å²) < 4.78 is 22.7. The molecule has 0 aliphatic carbocycles. The van der Waals surface area contributed by atoms with Gasteiger partial charge >= 0.3 is 5.97 Å². The first-order valence-electron chi connectivity index (χ1n) is 7.72. The van der Waals surface area contributed by atoms with Crippen LogP contribution in [0.3, 0.4) is 0 Å². The van der Waals surface area contributed by atoms with Crippen LogP contribution in [0.5, 0.6) is 5.75 Å². The zero-order chi connectivity index (χ0) is 19.8. The molecule has 0 bridgehead atoms. The van der Waals surface area contributed by atoms with E-state index in [4.69, 9.17) is 21.1 Å². The largest absolute Gasteiger partial charge is 0.495 e. The molecule has 0 atom stereocenters. The molecule has 0 saturated carbocycles. The quantitative estimate of drug-likeness (QED) is 0.703. The van der Waals surface area contributed by atoms with Crippen LogP contribution in [0.2, 0.25) is 5.02 Å². The van der Waals surface area contributed by atoms with Gasteiger partial charge in [-0.3, -0.25) is 14.4 Å². The number of rotatable bonds is 7. The summed E-state index contributed by atoms with van der Waals surface area (Å²) in [5, 5.41) is 5.21. The molecule has 2 amide bonds. The maximum atomic E-state index is 12.8. The Kier molecular flexibility index (Phi) is 7.13. The number of benzene rings is 2. The van der Waals surface area contributed by atoms with Crippen molar-refractivity contribution in [1.82, 2.24) is 5.32 Å². The minimum Gasteiger partial charge on any atom is -0.495 e. The Labute approximate surface area is 159 Å². The Balaban J connectivity index is 1.78. The third-order valence-electron chi connectivity index (χ3n) is 3.30. The van der Waals surface area contributed by atoms with Crippen LogP contribution in [-0.2, 0) is 14.3 Å². The van der Waals surface area contributed by atoms with E-state index in [0.29, 0.717) is 16.5 Å². The molecule has 142 valence electrons. The fourth-order valence-electron chi connectivity index (χ4n) is 2.02. The van der Waals surface area contributed by atoms with Crippen molar-refractivity contribution in [2.75, 3.05) is 25.6 Å². The van der Waals surface area contributed by atoms with E-state index in [0.717, 1.165) is 12.1 Å². The topological polar surface area (TPSA) is 93.7 Å². The molecule has 0 aromatic heterocycles. The second-order valence-corrected chi connectivity index (χ2v) is 5.68. The van der Waals surface area contributed by atoms with Gasteiger partial charge in [-0.05, 0) is 42.5 Å². The van der Waals surface area contributed by atoms with Crippen molar-refractivity contribution < 1.29 is 28.2 Å². The number of anilines is 1. The van der Waals surface area contributed by atoms with E-state index in [1.165, 1.54) is 25.3 Å². The van der Waals surface area contributed by atoms with Crippen molar-refractivity contribution >= 4 is 35.1 Å². The Morgan fingerprint density at radius 1 is 1.11 bits per heavy atom. The summed E-state index contributed by atoms with van der Waals surface area (Å²) >= 11 is 5.86. The minimum absolute atomic E-state index is 0.190. The molecular formula is C18H16ClFN2O5. The normalized spacial score (nSPS) is 10.0. The van der Waals surface area contributed by atoms with Crippen LogP contribution in [0.15, 0.2) is 42.5 Å². The molecule has 27 heavy (non-hydrogen) atoms. The lowest BCUT2D eigenvalue weighted by molar-refractivity contribution is -0.146. The zero-order valence-electron chi connectivity index (χ0n) is 14.3. The summed E-state index contributed by atoms with van der Waals surface area (Å²) in [6.45, 7) is -0.995. The van der Waals surface area contributed by atoms with E-state index in [1.807, 2.05) is 0 Å². The molecule has 0 fully saturated rings. The molecule has 2 aromatic rings. The van der Waals surface area contributed by atoms with E-state index in [2.05, 4.69) is 10.6 Å². The molecule has 0 aliphatic heterocycles. The van der Waals surface area contributed by atoms with E-state index in [-0.39, 0.29) is 5.56 Å². The van der Waals surface area contributed by atoms with Gasteiger partial charge in [-0.15, -0.1) is 0 Å². The van der Waals surface area contributed by atoms with Gasteiger partial charge in [0.05, 0.1) is 12.8 Å². The van der Waals surface area contributed by atoms with Crippen molar-refractivity contribution in [1.29, 1.82) is 0 Å². The summed E-state index contributed by atoms with van der Waals surface area (Å²) in [4.78, 5) is 35.3. The van der Waals surface area contributed by atoms with Gasteiger partial charge < -0.3 is 20.1 Å². The third kappa shape index (κ3) is 6.27. The predicted octanol–water partition coefficient (Wildman–Crippen LogP) is 2.40. The van der Waals surface area contributed by atoms with E-state index in [1.54, 1.807) is 12.1 Å². The van der Waals surface area contributed by atoms with Crippen LogP contribution >= 0.6 is 11.6 Å². The van der Waals surface area contributed by atoms with Crippen molar-refractivity contribution in [2.45, 2.75) is 0 Å². The Hall–Kier alpha value is -3.13. The maximum Gasteiger partial charge on any atom is 0.325 e. The average molecular weight is 395 g/mol. The molecule has 0 spiro atoms. The fraction of sp³-hybridized carbons (Fsp3) is 0.167. The summed E-state index contributed by atoms with van der Waals surface area (Å²) in [6.07, 6.45) is 0. The standard InChI is InChI=1S/C18H16ClFN2O5/c1-26-15-7-4-12(19)8-14(15)22-16(23)10-27-17(24)9-21-18(25)11-2-5-13(20)6-3-11/h2-8H,9-10H2,1H3,(H,21,25)(H,22,23). The highest BCUT2D eigenvalue weighted by Crippen LogP contribution is 2.27. The van der Waals surface area contributed by atoms with E-state index < -0.39 is 36.8 Å². The van der Waals surface area contributed by atoms with Gasteiger partial charge in [0.1, 0.15) is 18.1 Å². The van der Waals surface area contributed by atoms with Gasteiger partial charge in [0.25, 0.3) is 11.8 Å². The molecule has 7 nitrogen and oxygen atoms in total. The Bertz CT molecular complexity index is 842. The number of halogens is 2. The van der Waals surface area contributed by atoms with Gasteiger partial charge in [0.2, 0.25) is 0 Å². The zero-order valence-corrected chi connectivity index (χ0v) is 15.0. The van der Waals surface area contributed by atoms with Crippen molar-refractivity contribution in [3.8, 4) is 5.75 Å². The molecule has 9 heteroatoms. The number of methoxy groups -OCH3 is 1. The summed E-state index contributed by atoms with van der Waals surface area (Å²) in [7, 11) is 1.43. The molecule has 2 rings (SSSR count). The van der Waals surface area contributed by atoms with Gasteiger partial charge in [-0.2, -0.15) is 0 Å². The van der Waals surface area contributed by atoms with Crippen LogP contribution in [0.25, 0.3) is 0 Å². The van der Waals surface area contributed by atoms with Crippen molar-refractivity contribution in [3.05, 3.63) is 58.9 Å². The number of hydrogen-bond donors (Lipinski definition) is 2. The molecule has 2 N–H and O–H groups in total. The van der Waals surface area contributed by atoms with Crippen molar-refractivity contribution in [3.63, 3.8) is 0 Å². The molecule has 0 saturated heterocycles. The third-order valence-corrected chi connectivity index (χ3v) is 3.53. The van der Waals surface area contributed by atoms with Crippen LogP contribution in [0.4, 0.5) is 10.1 Å². The molecule has 0 unspecified atom stereocenters. The van der Waals surface area contributed by atoms with Gasteiger partial charge in [-0.25, -0.2) is 4.39 Å². The highest BCUT2D eigenvalue weighted by atomic mass is 35.5. The van der Waals surface area contributed by atoms with Gasteiger partial charge in [-0.1, -0.05) is 11.6 Å². The van der Waals surface area contributed by atoms with Crippen LogP contribution in [-0.4, -0.2) is 38.0 Å². The van der Waals surface area contributed by atoms with Gasteiger partial charge in [0, 0.05) is 10.6 Å². The molecule has 0 heterocycles. The number of carbonyl (C=O) groups excluding carboxylic acids is 3. The first kappa shape index (κ1) is 20.2. The smallest absolute Gasteiger partial charge is 0.325 e. The first-order valence-corrected chi connectivity index (χ1v) is 8.09. The average Bonchev–Trinajstić information content (AvgIpc) is 2.65. The highest BCUT2D eigenvalue weighted by molar-refractivity contribution is 6.31. The van der Waals surface area contributed by atoms with Crippen LogP contribution in [0.1, 0.15) is 10.4 Å². The second kappa shape index (κ2) is 9.54. The summed E-state index contributed by atoms with van der Waals surface area (Å²) in [5.41, 5.74) is 0.519. The van der Waals surface area contributed by atoms with Crippen LogP contribution in [0, 0.1) is 5.82 Å². The number of nitrogens with one attached hydrogen (secondary N) is 2. The summed E-state index contributed by atoms with van der Waals surface area (Å²) in [6, 6.07) is 9.48. The lowest BCUT2D eigenvalue weighted by atomic mass is 10.2. The monoisotopic (exact) mass is 394 g/mol. The number of amides is 2. The maximum absolute atomic E-state index is 12.8. The Morgan fingerprint density at radius 2 is 1.81 bits per heavy atom. The van der Waals surface area contributed by atoms with Crippen LogP contribution < -0.4 is 15.4 Å². The number of ether oxygens (including phenoxy) is 2. The SMILES string of the molecule is COc1ccc(Cl)cc1NC(=O)COC(=O)CNC(=O)c1ccc(F)cc1. The predicted molar refractivity (Wildman–Crippen MR) is 96.3 cm³/mol. The van der Waals surface area contributed by atoms with E-state index in [9.17, 15) is 18.8 Å².